The van der Waals surface area contributed by atoms with Gasteiger partial charge in [-0.3, -0.25) is 4.90 Å². The van der Waals surface area contributed by atoms with E-state index in [0.717, 1.165) is 18.5 Å². The van der Waals surface area contributed by atoms with Crippen LogP contribution in [0.2, 0.25) is 0 Å². The molecule has 1 unspecified atom stereocenters. The fourth-order valence-corrected chi connectivity index (χ4v) is 2.24. The van der Waals surface area contributed by atoms with Crippen LogP contribution in [0, 0.1) is 5.92 Å². The Balaban J connectivity index is 2.50. The molecule has 1 saturated heterocycles. The third kappa shape index (κ3) is 4.52. The number of hydrogen-bond donors (Lipinski definition) is 1. The van der Waals surface area contributed by atoms with Crippen molar-refractivity contribution in [3.63, 3.8) is 0 Å². The molecule has 2 heteroatoms. The van der Waals surface area contributed by atoms with Crippen molar-refractivity contribution in [1.82, 2.24) is 10.2 Å². The molecule has 2 nitrogen and oxygen atoms in total. The van der Waals surface area contributed by atoms with Gasteiger partial charge >= 0.3 is 0 Å². The summed E-state index contributed by atoms with van der Waals surface area (Å²) in [5.41, 5.74) is 0.280. The largest absolute Gasteiger partial charge is 0.310 e. The van der Waals surface area contributed by atoms with E-state index in [1.165, 1.54) is 25.9 Å². The van der Waals surface area contributed by atoms with Gasteiger partial charge in [-0.1, -0.05) is 13.8 Å². The predicted molar refractivity (Wildman–Crippen MR) is 67.2 cm³/mol. The van der Waals surface area contributed by atoms with Gasteiger partial charge in [-0.2, -0.15) is 0 Å². The Hall–Kier alpha value is -0.0800. The number of rotatable bonds is 3. The van der Waals surface area contributed by atoms with Crippen molar-refractivity contribution in [3.05, 3.63) is 0 Å². The first-order chi connectivity index (χ1) is 6.91. The lowest BCUT2D eigenvalue weighted by Gasteiger charge is -2.33. The number of nitrogens with zero attached hydrogens (tertiary/aromatic N) is 1. The summed E-state index contributed by atoms with van der Waals surface area (Å²) >= 11 is 0. The molecule has 1 fully saturated rings. The molecule has 0 aromatic rings. The third-order valence-corrected chi connectivity index (χ3v) is 3.38. The van der Waals surface area contributed by atoms with E-state index < -0.39 is 0 Å². The van der Waals surface area contributed by atoms with Crippen molar-refractivity contribution in [2.45, 2.75) is 59.0 Å². The summed E-state index contributed by atoms with van der Waals surface area (Å²) < 4.78 is 0. The van der Waals surface area contributed by atoms with Crippen LogP contribution >= 0.6 is 0 Å². The van der Waals surface area contributed by atoms with Gasteiger partial charge < -0.3 is 5.32 Å². The zero-order chi connectivity index (χ0) is 11.5. The first-order valence-corrected chi connectivity index (χ1v) is 6.40. The molecule has 1 atom stereocenters. The van der Waals surface area contributed by atoms with Crippen LogP contribution in [0.25, 0.3) is 0 Å². The van der Waals surface area contributed by atoms with E-state index >= 15 is 0 Å². The zero-order valence-corrected chi connectivity index (χ0v) is 11.1. The zero-order valence-electron chi connectivity index (χ0n) is 11.1. The molecule has 1 rings (SSSR count). The monoisotopic (exact) mass is 212 g/mol. The molecule has 0 aliphatic carbocycles. The first kappa shape index (κ1) is 13.0. The molecule has 0 radical (unpaired) electrons. The fourth-order valence-electron chi connectivity index (χ4n) is 2.24. The maximum atomic E-state index is 3.63. The summed E-state index contributed by atoms with van der Waals surface area (Å²) in [6.07, 6.45) is 2.60. The van der Waals surface area contributed by atoms with Crippen LogP contribution in [0.5, 0.6) is 0 Å². The summed E-state index contributed by atoms with van der Waals surface area (Å²) in [7, 11) is 0. The average Bonchev–Trinajstić information content (AvgIpc) is 2.22. The van der Waals surface area contributed by atoms with Crippen molar-refractivity contribution in [2.75, 3.05) is 19.6 Å². The molecule has 1 aliphatic rings. The van der Waals surface area contributed by atoms with Crippen molar-refractivity contribution >= 4 is 0 Å². The molecule has 1 aliphatic heterocycles. The van der Waals surface area contributed by atoms with Gasteiger partial charge in [-0.15, -0.1) is 0 Å². The van der Waals surface area contributed by atoms with Crippen LogP contribution in [0.3, 0.4) is 0 Å². The maximum absolute atomic E-state index is 3.63. The highest BCUT2D eigenvalue weighted by molar-refractivity contribution is 4.87. The quantitative estimate of drug-likeness (QED) is 0.773. The molecule has 1 heterocycles. The Morgan fingerprint density at radius 3 is 2.67 bits per heavy atom. The van der Waals surface area contributed by atoms with Gasteiger partial charge in [0.2, 0.25) is 0 Å². The second-order valence-electron chi connectivity index (χ2n) is 6.10. The van der Waals surface area contributed by atoms with Gasteiger partial charge in [0, 0.05) is 18.1 Å². The Morgan fingerprint density at radius 2 is 2.07 bits per heavy atom. The van der Waals surface area contributed by atoms with Crippen LogP contribution in [0.15, 0.2) is 0 Å². The standard InChI is InChI=1S/C13H28N2/c1-11(2)7-9-15-10-13(4,5)14-8-6-12(15)3/h11-12,14H,6-10H2,1-5H3. The molecule has 0 bridgehead atoms. The highest BCUT2D eigenvalue weighted by Crippen LogP contribution is 2.16. The Labute approximate surface area is 95.4 Å². The van der Waals surface area contributed by atoms with Crippen molar-refractivity contribution < 1.29 is 0 Å². The second-order valence-corrected chi connectivity index (χ2v) is 6.10. The average molecular weight is 212 g/mol. The highest BCUT2D eigenvalue weighted by Gasteiger charge is 2.27. The smallest absolute Gasteiger partial charge is 0.0252 e. The Morgan fingerprint density at radius 1 is 1.40 bits per heavy atom. The number of hydrogen-bond acceptors (Lipinski definition) is 2. The molecular weight excluding hydrogens is 184 g/mol. The van der Waals surface area contributed by atoms with E-state index in [4.69, 9.17) is 0 Å². The predicted octanol–water partition coefficient (Wildman–Crippen LogP) is 2.49. The Kier molecular flexibility index (Phi) is 4.60. The van der Waals surface area contributed by atoms with Gasteiger partial charge in [0.1, 0.15) is 0 Å². The minimum absolute atomic E-state index is 0.280. The number of nitrogens with one attached hydrogen (secondary N) is 1. The normalized spacial score (nSPS) is 28.0. The SMILES string of the molecule is CC(C)CCN1CC(C)(C)NCCC1C. The summed E-state index contributed by atoms with van der Waals surface area (Å²) in [4.78, 5) is 2.65. The lowest BCUT2D eigenvalue weighted by atomic mass is 10.0. The summed E-state index contributed by atoms with van der Waals surface area (Å²) in [6.45, 7) is 15.2. The molecule has 0 amide bonds. The highest BCUT2D eigenvalue weighted by atomic mass is 15.2. The molecule has 0 aromatic heterocycles. The van der Waals surface area contributed by atoms with Gasteiger partial charge in [0.15, 0.2) is 0 Å². The van der Waals surface area contributed by atoms with Crippen molar-refractivity contribution in [3.8, 4) is 0 Å². The fraction of sp³-hybridized carbons (Fsp3) is 1.00. The summed E-state index contributed by atoms with van der Waals surface area (Å²) in [6, 6.07) is 0.734. The maximum Gasteiger partial charge on any atom is 0.0252 e. The minimum Gasteiger partial charge on any atom is -0.310 e. The van der Waals surface area contributed by atoms with E-state index in [1.54, 1.807) is 0 Å². The second kappa shape index (κ2) is 5.31. The van der Waals surface area contributed by atoms with Crippen LogP contribution in [0.1, 0.15) is 47.5 Å². The molecule has 1 N–H and O–H groups in total. The van der Waals surface area contributed by atoms with E-state index in [9.17, 15) is 0 Å². The van der Waals surface area contributed by atoms with Crippen LogP contribution in [-0.2, 0) is 0 Å². The van der Waals surface area contributed by atoms with Crippen LogP contribution < -0.4 is 5.32 Å². The van der Waals surface area contributed by atoms with Gasteiger partial charge in [0.25, 0.3) is 0 Å². The third-order valence-electron chi connectivity index (χ3n) is 3.38. The van der Waals surface area contributed by atoms with Crippen LogP contribution in [-0.4, -0.2) is 36.1 Å². The lowest BCUT2D eigenvalue weighted by molar-refractivity contribution is 0.172. The first-order valence-electron chi connectivity index (χ1n) is 6.40. The van der Waals surface area contributed by atoms with Gasteiger partial charge in [0.05, 0.1) is 0 Å². The summed E-state index contributed by atoms with van der Waals surface area (Å²) in [5, 5.41) is 3.63. The summed E-state index contributed by atoms with van der Waals surface area (Å²) in [5.74, 6) is 0.816. The van der Waals surface area contributed by atoms with E-state index in [1.807, 2.05) is 0 Å². The van der Waals surface area contributed by atoms with E-state index in [0.29, 0.717) is 0 Å². The molecular formula is C13H28N2. The lowest BCUT2D eigenvalue weighted by Crippen LogP contribution is -2.47. The molecule has 0 aromatic carbocycles. The molecule has 0 spiro atoms. The van der Waals surface area contributed by atoms with Gasteiger partial charge in [-0.05, 0) is 52.6 Å². The molecule has 90 valence electrons. The topological polar surface area (TPSA) is 15.3 Å². The molecule has 15 heavy (non-hydrogen) atoms. The van der Waals surface area contributed by atoms with Crippen molar-refractivity contribution in [1.29, 1.82) is 0 Å². The molecule has 0 saturated carbocycles. The van der Waals surface area contributed by atoms with Crippen LogP contribution in [0.4, 0.5) is 0 Å². The Bertz CT molecular complexity index is 187. The van der Waals surface area contributed by atoms with E-state index in [2.05, 4.69) is 44.8 Å². The van der Waals surface area contributed by atoms with Gasteiger partial charge in [-0.25, -0.2) is 0 Å². The van der Waals surface area contributed by atoms with Crippen molar-refractivity contribution in [2.24, 2.45) is 5.92 Å². The minimum atomic E-state index is 0.280. The van der Waals surface area contributed by atoms with E-state index in [-0.39, 0.29) is 5.54 Å².